The number of nitrogens with zero attached hydrogens (tertiary/aromatic N) is 1. The van der Waals surface area contributed by atoms with Crippen LogP contribution in [0.2, 0.25) is 0 Å². The van der Waals surface area contributed by atoms with E-state index in [4.69, 9.17) is 5.11 Å². The van der Waals surface area contributed by atoms with Crippen molar-refractivity contribution in [2.24, 2.45) is 0 Å². The molecule has 0 spiro atoms. The molecule has 0 aromatic rings. The van der Waals surface area contributed by atoms with Gasteiger partial charge in [-0.05, 0) is 45.4 Å². The molecule has 0 bridgehead atoms. The van der Waals surface area contributed by atoms with Crippen molar-refractivity contribution in [2.75, 3.05) is 25.4 Å². The van der Waals surface area contributed by atoms with E-state index in [0.717, 1.165) is 18.7 Å². The van der Waals surface area contributed by atoms with Gasteiger partial charge in [0.2, 0.25) is 0 Å². The molecule has 0 fully saturated rings. The van der Waals surface area contributed by atoms with E-state index in [1.807, 2.05) is 0 Å². The van der Waals surface area contributed by atoms with Gasteiger partial charge in [-0.25, -0.2) is 0 Å². The van der Waals surface area contributed by atoms with Crippen LogP contribution < -0.4 is 0 Å². The second-order valence-corrected chi connectivity index (χ2v) is 4.79. The van der Waals surface area contributed by atoms with Crippen LogP contribution in [0, 0.1) is 0 Å². The van der Waals surface area contributed by atoms with Crippen molar-refractivity contribution in [3.8, 4) is 0 Å². The Labute approximate surface area is 100 Å². The molecule has 0 aromatic heterocycles. The van der Waals surface area contributed by atoms with Crippen molar-refractivity contribution in [1.82, 2.24) is 4.90 Å². The summed E-state index contributed by atoms with van der Waals surface area (Å²) in [7, 11) is 0. The van der Waals surface area contributed by atoms with Crippen molar-refractivity contribution >= 4 is 12.6 Å². The molecule has 0 atom stereocenters. The summed E-state index contributed by atoms with van der Waals surface area (Å²) in [6.45, 7) is 6.96. The van der Waals surface area contributed by atoms with Crippen LogP contribution in [0.5, 0.6) is 0 Å². The predicted octanol–water partition coefficient (Wildman–Crippen LogP) is 2.57. The zero-order valence-corrected chi connectivity index (χ0v) is 11.2. The third-order valence-electron chi connectivity index (χ3n) is 2.69. The van der Waals surface area contributed by atoms with Gasteiger partial charge in [0.1, 0.15) is 0 Å². The van der Waals surface area contributed by atoms with Gasteiger partial charge in [0, 0.05) is 19.2 Å². The van der Waals surface area contributed by atoms with E-state index in [1.165, 1.54) is 32.2 Å². The van der Waals surface area contributed by atoms with Gasteiger partial charge in [-0.1, -0.05) is 12.8 Å². The van der Waals surface area contributed by atoms with Crippen LogP contribution in [0.4, 0.5) is 0 Å². The molecule has 0 saturated carbocycles. The highest BCUT2D eigenvalue weighted by Gasteiger charge is 2.07. The highest BCUT2D eigenvalue weighted by atomic mass is 32.1. The lowest BCUT2D eigenvalue weighted by molar-refractivity contribution is 0.188. The maximum Gasteiger partial charge on any atom is 0.0443 e. The molecule has 2 nitrogen and oxygen atoms in total. The van der Waals surface area contributed by atoms with Crippen molar-refractivity contribution in [3.05, 3.63) is 0 Å². The third kappa shape index (κ3) is 9.21. The first kappa shape index (κ1) is 15.3. The number of rotatable bonds is 10. The number of hydrogen-bond donors (Lipinski definition) is 2. The number of hydrogen-bond acceptors (Lipinski definition) is 3. The van der Waals surface area contributed by atoms with Crippen molar-refractivity contribution in [3.63, 3.8) is 0 Å². The summed E-state index contributed by atoms with van der Waals surface area (Å²) < 4.78 is 0. The van der Waals surface area contributed by atoms with Gasteiger partial charge >= 0.3 is 0 Å². The van der Waals surface area contributed by atoms with E-state index < -0.39 is 0 Å². The van der Waals surface area contributed by atoms with Crippen molar-refractivity contribution in [2.45, 2.75) is 52.0 Å². The maximum atomic E-state index is 8.80. The molecule has 3 heteroatoms. The number of aliphatic hydroxyl groups is 1. The zero-order valence-electron chi connectivity index (χ0n) is 10.3. The standard InChI is InChI=1S/C12H27NOS/c1-12(2)13(9-7-10-14)8-5-3-4-6-11-15/h12,14-15H,3-11H2,1-2H3. The summed E-state index contributed by atoms with van der Waals surface area (Å²) in [6, 6.07) is 0.599. The van der Waals surface area contributed by atoms with Gasteiger partial charge in [0.05, 0.1) is 0 Å². The SMILES string of the molecule is CC(C)N(CCCO)CCCCCCS. The first-order chi connectivity index (χ1) is 7.22. The van der Waals surface area contributed by atoms with Gasteiger partial charge in [0.25, 0.3) is 0 Å². The van der Waals surface area contributed by atoms with E-state index in [-0.39, 0.29) is 0 Å². The molecule has 0 aromatic carbocycles. The van der Waals surface area contributed by atoms with Crippen LogP contribution >= 0.6 is 12.6 Å². The number of thiol groups is 1. The largest absolute Gasteiger partial charge is 0.396 e. The molecule has 0 aliphatic carbocycles. The molecule has 0 aliphatic heterocycles. The summed E-state index contributed by atoms with van der Waals surface area (Å²) in [5.74, 6) is 1.01. The fourth-order valence-corrected chi connectivity index (χ4v) is 1.91. The minimum atomic E-state index is 0.308. The van der Waals surface area contributed by atoms with Gasteiger partial charge < -0.3 is 10.0 Å². The molecular formula is C12H27NOS. The lowest BCUT2D eigenvalue weighted by Crippen LogP contribution is -2.33. The molecule has 0 saturated heterocycles. The molecule has 0 unspecified atom stereocenters. The Bertz CT molecular complexity index is 131. The van der Waals surface area contributed by atoms with Crippen molar-refractivity contribution < 1.29 is 5.11 Å². The first-order valence-corrected chi connectivity index (χ1v) is 6.81. The summed E-state index contributed by atoms with van der Waals surface area (Å²) in [4.78, 5) is 2.46. The smallest absolute Gasteiger partial charge is 0.0443 e. The van der Waals surface area contributed by atoms with Crippen LogP contribution in [0.3, 0.4) is 0 Å². The van der Waals surface area contributed by atoms with Gasteiger partial charge in [0.15, 0.2) is 0 Å². The average molecular weight is 233 g/mol. The van der Waals surface area contributed by atoms with Crippen LogP contribution in [0.1, 0.15) is 46.0 Å². The molecule has 1 N–H and O–H groups in total. The van der Waals surface area contributed by atoms with Gasteiger partial charge in [-0.3, -0.25) is 0 Å². The average Bonchev–Trinajstić information content (AvgIpc) is 2.21. The molecule has 0 heterocycles. The predicted molar refractivity (Wildman–Crippen MR) is 70.7 cm³/mol. The second-order valence-electron chi connectivity index (χ2n) is 4.34. The zero-order chi connectivity index (χ0) is 11.5. The summed E-state index contributed by atoms with van der Waals surface area (Å²) in [6.07, 6.45) is 6.02. The topological polar surface area (TPSA) is 23.5 Å². The molecule has 0 radical (unpaired) electrons. The molecule has 0 rings (SSSR count). The van der Waals surface area contributed by atoms with E-state index >= 15 is 0 Å². The van der Waals surface area contributed by atoms with E-state index in [9.17, 15) is 0 Å². The molecule has 0 amide bonds. The van der Waals surface area contributed by atoms with Crippen LogP contribution in [0.25, 0.3) is 0 Å². The first-order valence-electron chi connectivity index (χ1n) is 6.18. The van der Waals surface area contributed by atoms with Crippen molar-refractivity contribution in [1.29, 1.82) is 0 Å². The maximum absolute atomic E-state index is 8.80. The quantitative estimate of drug-likeness (QED) is 0.447. The Hall–Kier alpha value is 0.270. The molecular weight excluding hydrogens is 206 g/mol. The molecule has 0 aliphatic rings. The summed E-state index contributed by atoms with van der Waals surface area (Å²) >= 11 is 4.20. The Morgan fingerprint density at radius 2 is 1.60 bits per heavy atom. The minimum Gasteiger partial charge on any atom is -0.396 e. The molecule has 92 valence electrons. The van der Waals surface area contributed by atoms with E-state index in [2.05, 4.69) is 31.4 Å². The summed E-state index contributed by atoms with van der Waals surface area (Å²) in [5, 5.41) is 8.80. The lowest BCUT2D eigenvalue weighted by Gasteiger charge is -2.26. The molecule has 15 heavy (non-hydrogen) atoms. The number of aliphatic hydroxyl groups excluding tert-OH is 1. The van der Waals surface area contributed by atoms with Crippen LogP contribution in [0.15, 0.2) is 0 Å². The Balaban J connectivity index is 3.48. The van der Waals surface area contributed by atoms with E-state index in [1.54, 1.807) is 0 Å². The highest BCUT2D eigenvalue weighted by Crippen LogP contribution is 2.06. The Morgan fingerprint density at radius 1 is 1.00 bits per heavy atom. The Morgan fingerprint density at radius 3 is 2.13 bits per heavy atom. The monoisotopic (exact) mass is 233 g/mol. The van der Waals surface area contributed by atoms with Gasteiger partial charge in [-0.15, -0.1) is 0 Å². The lowest BCUT2D eigenvalue weighted by atomic mass is 10.2. The summed E-state index contributed by atoms with van der Waals surface area (Å²) in [5.41, 5.74) is 0. The Kier molecular flexibility index (Phi) is 11.0. The minimum absolute atomic E-state index is 0.308. The van der Waals surface area contributed by atoms with Crippen LogP contribution in [-0.2, 0) is 0 Å². The fraction of sp³-hybridized carbons (Fsp3) is 1.00. The second kappa shape index (κ2) is 10.8. The fourth-order valence-electron chi connectivity index (χ4n) is 1.68. The number of unbranched alkanes of at least 4 members (excludes halogenated alkanes) is 3. The third-order valence-corrected chi connectivity index (χ3v) is 3.00. The highest BCUT2D eigenvalue weighted by molar-refractivity contribution is 7.80. The van der Waals surface area contributed by atoms with E-state index in [0.29, 0.717) is 12.6 Å². The van der Waals surface area contributed by atoms with Gasteiger partial charge in [-0.2, -0.15) is 12.6 Å². The normalized spacial score (nSPS) is 11.6. The van der Waals surface area contributed by atoms with Crippen LogP contribution in [-0.4, -0.2) is 41.5 Å².